The third kappa shape index (κ3) is 3.93. The molecule has 0 spiro atoms. The van der Waals surface area contributed by atoms with Crippen LogP contribution in [0.4, 0.5) is 0 Å². The second kappa shape index (κ2) is 10.2. The molecule has 0 bridgehead atoms. The quantitative estimate of drug-likeness (QED) is 0.153. The standard InChI is InChI=1S/C39H27NSSi/c1-4-12-31(13-5-1)42(32-14-6-2-7-15-32,33-16-8-3-9-17-33)34-23-20-28(21-24-34)29-22-25-35-30(26-29)27-40-39-38(35)36-18-10-11-19-37(36)41-39/h1-27H. The molecular weight excluding hydrogens is 543 g/mol. The zero-order valence-corrected chi connectivity index (χ0v) is 24.8. The van der Waals surface area contributed by atoms with Crippen LogP contribution in [0.3, 0.4) is 0 Å². The van der Waals surface area contributed by atoms with E-state index in [2.05, 4.69) is 158 Å². The Morgan fingerprint density at radius 1 is 0.452 bits per heavy atom. The van der Waals surface area contributed by atoms with E-state index in [-0.39, 0.29) is 0 Å². The van der Waals surface area contributed by atoms with Crippen LogP contribution in [0.15, 0.2) is 164 Å². The maximum absolute atomic E-state index is 4.85. The molecule has 8 rings (SSSR count). The highest BCUT2D eigenvalue weighted by atomic mass is 32.1. The Hall–Kier alpha value is -4.83. The summed E-state index contributed by atoms with van der Waals surface area (Å²) in [6.07, 6.45) is 2.03. The third-order valence-corrected chi connectivity index (χ3v) is 14.4. The molecule has 3 heteroatoms. The van der Waals surface area contributed by atoms with Crippen molar-refractivity contribution in [1.82, 2.24) is 4.98 Å². The highest BCUT2D eigenvalue weighted by Crippen LogP contribution is 2.37. The Morgan fingerprint density at radius 3 is 1.60 bits per heavy atom. The lowest BCUT2D eigenvalue weighted by atomic mass is 10.0. The summed E-state index contributed by atoms with van der Waals surface area (Å²) in [7, 11) is -2.53. The third-order valence-electron chi connectivity index (χ3n) is 8.49. The van der Waals surface area contributed by atoms with Crippen molar-refractivity contribution in [3.63, 3.8) is 0 Å². The molecule has 6 aromatic carbocycles. The Morgan fingerprint density at radius 2 is 0.976 bits per heavy atom. The van der Waals surface area contributed by atoms with Crippen molar-refractivity contribution in [2.75, 3.05) is 0 Å². The van der Waals surface area contributed by atoms with Gasteiger partial charge < -0.3 is 0 Å². The SMILES string of the molecule is c1ccc([Si](c2ccccc2)(c2ccccc2)c2ccc(-c3ccc4c(cnc5sc6ccccc6c54)c3)cc2)cc1. The molecule has 0 radical (unpaired) electrons. The molecule has 0 amide bonds. The van der Waals surface area contributed by atoms with Gasteiger partial charge in [0.1, 0.15) is 4.83 Å². The second-order valence-electron chi connectivity index (χ2n) is 10.8. The molecule has 0 atom stereocenters. The number of hydrogen-bond donors (Lipinski definition) is 0. The summed E-state index contributed by atoms with van der Waals surface area (Å²) in [4.78, 5) is 5.95. The summed E-state index contributed by atoms with van der Waals surface area (Å²) in [5.41, 5.74) is 2.43. The molecule has 0 unspecified atom stereocenters. The Labute approximate surface area is 250 Å². The summed E-state index contributed by atoms with van der Waals surface area (Å²) in [5.74, 6) is 0. The molecular formula is C39H27NSSi. The van der Waals surface area contributed by atoms with Crippen molar-refractivity contribution in [2.24, 2.45) is 0 Å². The summed E-state index contributed by atoms with van der Waals surface area (Å²) in [6, 6.07) is 58.1. The lowest BCUT2D eigenvalue weighted by Gasteiger charge is -2.34. The summed E-state index contributed by atoms with van der Waals surface area (Å²) >= 11 is 1.77. The molecule has 0 saturated carbocycles. The van der Waals surface area contributed by atoms with Gasteiger partial charge in [0.25, 0.3) is 0 Å². The van der Waals surface area contributed by atoms with Gasteiger partial charge in [-0.15, -0.1) is 11.3 Å². The van der Waals surface area contributed by atoms with Crippen LogP contribution in [0.1, 0.15) is 0 Å². The van der Waals surface area contributed by atoms with E-state index in [0.29, 0.717) is 0 Å². The maximum Gasteiger partial charge on any atom is 0.179 e. The van der Waals surface area contributed by atoms with Gasteiger partial charge in [0.2, 0.25) is 0 Å². The van der Waals surface area contributed by atoms with Crippen molar-refractivity contribution < 1.29 is 0 Å². The number of fused-ring (bicyclic) bond motifs is 5. The van der Waals surface area contributed by atoms with Gasteiger partial charge in [-0.3, -0.25) is 0 Å². The second-order valence-corrected chi connectivity index (χ2v) is 15.6. The van der Waals surface area contributed by atoms with Gasteiger partial charge in [-0.1, -0.05) is 146 Å². The predicted octanol–water partition coefficient (Wildman–Crippen LogP) is 7.65. The van der Waals surface area contributed by atoms with E-state index < -0.39 is 8.07 Å². The van der Waals surface area contributed by atoms with E-state index in [4.69, 9.17) is 4.98 Å². The largest absolute Gasteiger partial charge is 0.245 e. The number of thiophene rings is 1. The van der Waals surface area contributed by atoms with Crippen LogP contribution in [-0.2, 0) is 0 Å². The highest BCUT2D eigenvalue weighted by molar-refractivity contribution is 7.25. The molecule has 0 fully saturated rings. The minimum absolute atomic E-state index is 1.10. The van der Waals surface area contributed by atoms with Gasteiger partial charge in [-0.2, -0.15) is 0 Å². The van der Waals surface area contributed by atoms with Crippen molar-refractivity contribution in [3.8, 4) is 11.1 Å². The molecule has 0 aliphatic rings. The molecule has 8 aromatic rings. The van der Waals surface area contributed by atoms with Crippen LogP contribution in [-0.4, -0.2) is 13.1 Å². The number of pyridine rings is 1. The molecule has 0 aliphatic carbocycles. The van der Waals surface area contributed by atoms with Crippen LogP contribution in [0.2, 0.25) is 0 Å². The number of benzene rings is 6. The first-order valence-corrected chi connectivity index (χ1v) is 17.1. The molecule has 2 aromatic heterocycles. The number of hydrogen-bond acceptors (Lipinski definition) is 2. The normalized spacial score (nSPS) is 11.8. The number of aromatic nitrogens is 1. The molecule has 0 N–H and O–H groups in total. The van der Waals surface area contributed by atoms with Gasteiger partial charge in [0, 0.05) is 27.1 Å². The molecule has 1 nitrogen and oxygen atoms in total. The summed E-state index contributed by atoms with van der Waals surface area (Å²) in [6.45, 7) is 0. The lowest BCUT2D eigenvalue weighted by molar-refractivity contribution is 1.48. The van der Waals surface area contributed by atoms with E-state index in [0.717, 1.165) is 4.83 Å². The van der Waals surface area contributed by atoms with Gasteiger partial charge >= 0.3 is 0 Å². The molecule has 42 heavy (non-hydrogen) atoms. The van der Waals surface area contributed by atoms with Crippen LogP contribution in [0, 0.1) is 0 Å². The number of rotatable bonds is 5. The minimum Gasteiger partial charge on any atom is -0.245 e. The summed E-state index contributed by atoms with van der Waals surface area (Å²) < 4.78 is 1.29. The zero-order valence-electron chi connectivity index (χ0n) is 22.9. The first kappa shape index (κ1) is 24.9. The van der Waals surface area contributed by atoms with E-state index in [1.807, 2.05) is 6.20 Å². The Kier molecular flexibility index (Phi) is 6.06. The Balaban J connectivity index is 1.29. The highest BCUT2D eigenvalue weighted by Gasteiger charge is 2.41. The number of nitrogens with zero attached hydrogens (tertiary/aromatic N) is 1. The fourth-order valence-corrected chi connectivity index (χ4v) is 12.4. The molecule has 0 saturated heterocycles. The van der Waals surface area contributed by atoms with Crippen LogP contribution >= 0.6 is 11.3 Å². The van der Waals surface area contributed by atoms with Crippen molar-refractivity contribution in [1.29, 1.82) is 0 Å². The van der Waals surface area contributed by atoms with Gasteiger partial charge in [-0.25, -0.2) is 4.98 Å². The van der Waals surface area contributed by atoms with Crippen molar-refractivity contribution in [3.05, 3.63) is 164 Å². The maximum atomic E-state index is 4.85. The fraction of sp³-hybridized carbons (Fsp3) is 0. The molecule has 0 aliphatic heterocycles. The smallest absolute Gasteiger partial charge is 0.179 e. The van der Waals surface area contributed by atoms with Gasteiger partial charge in [-0.05, 0) is 49.4 Å². The van der Waals surface area contributed by atoms with Crippen molar-refractivity contribution >= 4 is 71.2 Å². The summed E-state index contributed by atoms with van der Waals surface area (Å²) in [5, 5.41) is 10.5. The van der Waals surface area contributed by atoms with Crippen LogP contribution in [0.25, 0.3) is 42.2 Å². The first-order valence-electron chi connectivity index (χ1n) is 14.3. The monoisotopic (exact) mass is 569 g/mol. The van der Waals surface area contributed by atoms with E-state index in [1.165, 1.54) is 58.1 Å². The van der Waals surface area contributed by atoms with Crippen molar-refractivity contribution in [2.45, 2.75) is 0 Å². The van der Waals surface area contributed by atoms with Crippen LogP contribution < -0.4 is 20.7 Å². The Bertz CT molecular complexity index is 2070. The van der Waals surface area contributed by atoms with Gasteiger partial charge in [0.05, 0.1) is 0 Å². The zero-order chi connectivity index (χ0) is 27.9. The van der Waals surface area contributed by atoms with E-state index in [9.17, 15) is 0 Å². The van der Waals surface area contributed by atoms with Crippen LogP contribution in [0.5, 0.6) is 0 Å². The predicted molar refractivity (Wildman–Crippen MR) is 184 cm³/mol. The topological polar surface area (TPSA) is 12.9 Å². The fourth-order valence-electron chi connectivity index (χ4n) is 6.57. The van der Waals surface area contributed by atoms with E-state index in [1.54, 1.807) is 11.3 Å². The van der Waals surface area contributed by atoms with Gasteiger partial charge in [0.15, 0.2) is 8.07 Å². The average molecular weight is 570 g/mol. The minimum atomic E-state index is -2.53. The van der Waals surface area contributed by atoms with E-state index >= 15 is 0 Å². The molecule has 198 valence electrons. The lowest BCUT2D eigenvalue weighted by Crippen LogP contribution is -2.74. The average Bonchev–Trinajstić information content (AvgIpc) is 3.46. The molecule has 2 heterocycles. The first-order chi connectivity index (χ1) is 20.8.